The predicted octanol–water partition coefficient (Wildman–Crippen LogP) is 0.988. The molecule has 1 aromatic carbocycles. The molecule has 19 heavy (non-hydrogen) atoms. The highest BCUT2D eigenvalue weighted by Crippen LogP contribution is 2.21. The van der Waals surface area contributed by atoms with Gasteiger partial charge < -0.3 is 16.0 Å². The lowest BCUT2D eigenvalue weighted by atomic mass is 10.1. The number of nitrogens with one attached hydrogen (secondary N) is 2. The van der Waals surface area contributed by atoms with E-state index in [1.807, 2.05) is 31.1 Å². The van der Waals surface area contributed by atoms with Gasteiger partial charge in [-0.2, -0.15) is 5.10 Å². The Labute approximate surface area is 111 Å². The lowest BCUT2D eigenvalue weighted by Crippen LogP contribution is -2.25. The van der Waals surface area contributed by atoms with E-state index in [1.54, 1.807) is 18.3 Å². The van der Waals surface area contributed by atoms with Crippen LogP contribution in [0.2, 0.25) is 0 Å². The summed E-state index contributed by atoms with van der Waals surface area (Å²) in [5, 5.41) is 9.45. The number of benzene rings is 1. The minimum atomic E-state index is -0.161. The molecule has 0 saturated heterocycles. The first-order valence-electron chi connectivity index (χ1n) is 5.91. The van der Waals surface area contributed by atoms with Crippen LogP contribution < -0.4 is 16.0 Å². The summed E-state index contributed by atoms with van der Waals surface area (Å²) < 4.78 is 0. The van der Waals surface area contributed by atoms with Gasteiger partial charge in [0.15, 0.2) is 0 Å². The third-order valence-corrected chi connectivity index (χ3v) is 2.74. The zero-order valence-electron chi connectivity index (χ0n) is 11.0. The first kappa shape index (κ1) is 12.9. The van der Waals surface area contributed by atoms with Gasteiger partial charge in [0, 0.05) is 31.7 Å². The molecule has 0 radical (unpaired) electrons. The fourth-order valence-corrected chi connectivity index (χ4v) is 1.78. The Morgan fingerprint density at radius 1 is 1.42 bits per heavy atom. The molecule has 6 heteroatoms. The third kappa shape index (κ3) is 3.04. The van der Waals surface area contributed by atoms with Crippen LogP contribution >= 0.6 is 0 Å². The highest BCUT2D eigenvalue weighted by Gasteiger charge is 2.13. The molecule has 4 N–H and O–H groups in total. The monoisotopic (exact) mass is 259 g/mol. The van der Waals surface area contributed by atoms with Crippen molar-refractivity contribution in [1.29, 1.82) is 0 Å². The molecule has 2 rings (SSSR count). The van der Waals surface area contributed by atoms with Crippen LogP contribution in [0.5, 0.6) is 0 Å². The Kier molecular flexibility index (Phi) is 3.70. The third-order valence-electron chi connectivity index (χ3n) is 2.74. The second kappa shape index (κ2) is 5.43. The van der Waals surface area contributed by atoms with Gasteiger partial charge in [-0.1, -0.05) is 0 Å². The van der Waals surface area contributed by atoms with Crippen molar-refractivity contribution < 1.29 is 4.79 Å². The zero-order valence-corrected chi connectivity index (χ0v) is 11.0. The lowest BCUT2D eigenvalue weighted by molar-refractivity contribution is 0.0951. The smallest absolute Gasteiger partial charge is 0.253 e. The molecule has 0 spiro atoms. The number of aromatic amines is 1. The van der Waals surface area contributed by atoms with Gasteiger partial charge in [0.05, 0.1) is 17.8 Å². The van der Waals surface area contributed by atoms with Gasteiger partial charge >= 0.3 is 0 Å². The van der Waals surface area contributed by atoms with Crippen molar-refractivity contribution in [2.24, 2.45) is 0 Å². The number of hydrogen-bond donors (Lipinski definition) is 3. The number of hydrogen-bond acceptors (Lipinski definition) is 4. The molecule has 6 nitrogen and oxygen atoms in total. The molecule has 0 bridgehead atoms. The molecule has 0 aliphatic rings. The van der Waals surface area contributed by atoms with Crippen molar-refractivity contribution in [3.05, 3.63) is 41.7 Å². The van der Waals surface area contributed by atoms with Gasteiger partial charge in [0.1, 0.15) is 0 Å². The Morgan fingerprint density at radius 3 is 2.84 bits per heavy atom. The van der Waals surface area contributed by atoms with Crippen LogP contribution in [0.25, 0.3) is 0 Å². The molecule has 0 atom stereocenters. The van der Waals surface area contributed by atoms with Crippen LogP contribution in [0.1, 0.15) is 16.1 Å². The van der Waals surface area contributed by atoms with E-state index < -0.39 is 0 Å². The molecular weight excluding hydrogens is 242 g/mol. The maximum Gasteiger partial charge on any atom is 0.253 e. The minimum absolute atomic E-state index is 0.161. The van der Waals surface area contributed by atoms with Gasteiger partial charge in [0.25, 0.3) is 5.91 Å². The second-order valence-corrected chi connectivity index (χ2v) is 4.44. The fraction of sp³-hybridized carbons (Fsp3) is 0.231. The average Bonchev–Trinajstić information content (AvgIpc) is 2.88. The number of nitrogens with zero attached hydrogens (tertiary/aromatic N) is 2. The van der Waals surface area contributed by atoms with Crippen molar-refractivity contribution >= 4 is 17.3 Å². The van der Waals surface area contributed by atoms with E-state index in [-0.39, 0.29) is 5.91 Å². The number of carbonyl (C=O) groups is 1. The number of anilines is 2. The number of nitrogens with two attached hydrogens (primary N) is 1. The molecule has 0 fully saturated rings. The highest BCUT2D eigenvalue weighted by atomic mass is 16.1. The van der Waals surface area contributed by atoms with E-state index in [0.717, 1.165) is 11.4 Å². The van der Waals surface area contributed by atoms with Crippen molar-refractivity contribution in [2.75, 3.05) is 24.7 Å². The summed E-state index contributed by atoms with van der Waals surface area (Å²) in [5.74, 6) is -0.161. The largest absolute Gasteiger partial charge is 0.399 e. The van der Waals surface area contributed by atoms with Gasteiger partial charge in [-0.25, -0.2) is 0 Å². The minimum Gasteiger partial charge on any atom is -0.399 e. The summed E-state index contributed by atoms with van der Waals surface area (Å²) in [7, 11) is 3.77. The summed E-state index contributed by atoms with van der Waals surface area (Å²) in [5.41, 5.74) is 8.55. The summed E-state index contributed by atoms with van der Waals surface area (Å²) in [4.78, 5) is 14.1. The van der Waals surface area contributed by atoms with Crippen LogP contribution in [0.3, 0.4) is 0 Å². The van der Waals surface area contributed by atoms with Crippen LogP contribution in [0.15, 0.2) is 30.5 Å². The second-order valence-electron chi connectivity index (χ2n) is 4.44. The molecular formula is C13H17N5O. The topological polar surface area (TPSA) is 87.0 Å². The standard InChI is InChI=1S/C13H17N5O/c1-18(2)12-4-3-9(14)7-11(12)13(19)15-8-10-5-6-16-17-10/h3-7H,8,14H2,1-2H3,(H,15,19)(H,16,17). The predicted molar refractivity (Wildman–Crippen MR) is 74.9 cm³/mol. The van der Waals surface area contributed by atoms with E-state index in [1.165, 1.54) is 0 Å². The van der Waals surface area contributed by atoms with Crippen molar-refractivity contribution in [2.45, 2.75) is 6.54 Å². The van der Waals surface area contributed by atoms with E-state index in [9.17, 15) is 4.79 Å². The molecule has 1 amide bonds. The number of nitrogen functional groups attached to an aromatic ring is 1. The molecule has 0 unspecified atom stereocenters. The van der Waals surface area contributed by atoms with Gasteiger partial charge in [-0.15, -0.1) is 0 Å². The van der Waals surface area contributed by atoms with E-state index in [0.29, 0.717) is 17.8 Å². The Hall–Kier alpha value is -2.50. The SMILES string of the molecule is CN(C)c1ccc(N)cc1C(=O)NCc1ccn[nH]1. The first-order valence-corrected chi connectivity index (χ1v) is 5.91. The molecule has 2 aromatic rings. The van der Waals surface area contributed by atoms with E-state index in [4.69, 9.17) is 5.73 Å². The van der Waals surface area contributed by atoms with Crippen LogP contribution in [-0.2, 0) is 6.54 Å². The van der Waals surface area contributed by atoms with Crippen LogP contribution in [0, 0.1) is 0 Å². The quantitative estimate of drug-likeness (QED) is 0.714. The number of carbonyl (C=O) groups excluding carboxylic acids is 1. The van der Waals surface area contributed by atoms with Gasteiger partial charge in [-0.3, -0.25) is 9.89 Å². The lowest BCUT2D eigenvalue weighted by Gasteiger charge is -2.17. The zero-order chi connectivity index (χ0) is 13.8. The Bertz CT molecular complexity index is 562. The summed E-state index contributed by atoms with van der Waals surface area (Å²) in [6.07, 6.45) is 1.65. The van der Waals surface area contributed by atoms with Crippen LogP contribution in [-0.4, -0.2) is 30.2 Å². The van der Waals surface area contributed by atoms with Crippen molar-refractivity contribution in [3.63, 3.8) is 0 Å². The molecule has 0 aliphatic carbocycles. The van der Waals surface area contributed by atoms with Crippen molar-refractivity contribution in [3.8, 4) is 0 Å². The maximum atomic E-state index is 12.2. The molecule has 0 saturated carbocycles. The molecule has 100 valence electrons. The van der Waals surface area contributed by atoms with E-state index >= 15 is 0 Å². The van der Waals surface area contributed by atoms with Crippen LogP contribution in [0.4, 0.5) is 11.4 Å². The van der Waals surface area contributed by atoms with E-state index in [2.05, 4.69) is 15.5 Å². The summed E-state index contributed by atoms with van der Waals surface area (Å²) in [6.45, 7) is 0.403. The van der Waals surface area contributed by atoms with Crippen molar-refractivity contribution in [1.82, 2.24) is 15.5 Å². The summed E-state index contributed by atoms with van der Waals surface area (Å²) >= 11 is 0. The maximum absolute atomic E-state index is 12.2. The average molecular weight is 259 g/mol. The Morgan fingerprint density at radius 2 is 2.21 bits per heavy atom. The fourth-order valence-electron chi connectivity index (χ4n) is 1.78. The number of rotatable bonds is 4. The number of aromatic nitrogens is 2. The molecule has 1 heterocycles. The molecule has 0 aliphatic heterocycles. The first-order chi connectivity index (χ1) is 9.08. The van der Waals surface area contributed by atoms with Gasteiger partial charge in [-0.05, 0) is 24.3 Å². The molecule has 1 aromatic heterocycles. The number of amides is 1. The highest BCUT2D eigenvalue weighted by molar-refractivity contribution is 6.00. The number of H-pyrrole nitrogens is 1. The van der Waals surface area contributed by atoms with Gasteiger partial charge in [0.2, 0.25) is 0 Å². The normalized spacial score (nSPS) is 10.2. The Balaban J connectivity index is 2.16. The summed E-state index contributed by atoms with van der Waals surface area (Å²) in [6, 6.07) is 7.10.